The van der Waals surface area contributed by atoms with Crippen molar-refractivity contribution in [2.45, 2.75) is 37.5 Å². The van der Waals surface area contributed by atoms with Crippen LogP contribution in [0.1, 0.15) is 41.6 Å². The smallest absolute Gasteiger partial charge is 0.388 e. The van der Waals surface area contributed by atoms with Crippen LogP contribution in [0.4, 0.5) is 17.6 Å². The predicted molar refractivity (Wildman–Crippen MR) is 67.2 cm³/mol. The molecule has 0 heterocycles. The molecule has 1 saturated carbocycles. The van der Waals surface area contributed by atoms with E-state index in [0.717, 1.165) is 25.0 Å². The second-order valence-electron chi connectivity index (χ2n) is 5.30. The largest absolute Gasteiger partial charge is 0.417 e. The molecule has 0 bridgehead atoms. The minimum Gasteiger partial charge on any atom is -0.388 e. The summed E-state index contributed by atoms with van der Waals surface area (Å²) in [5.41, 5.74) is -3.03. The Morgan fingerprint density at radius 2 is 1.90 bits per heavy atom. The van der Waals surface area contributed by atoms with E-state index in [1.165, 1.54) is 0 Å². The third-order valence-electron chi connectivity index (χ3n) is 3.64. The molecule has 1 aliphatic carbocycles. The van der Waals surface area contributed by atoms with Crippen molar-refractivity contribution < 1.29 is 27.5 Å². The van der Waals surface area contributed by atoms with E-state index >= 15 is 0 Å². The number of alkyl halides is 3. The van der Waals surface area contributed by atoms with Crippen LogP contribution in [0.5, 0.6) is 0 Å². The normalized spacial score (nSPS) is 17.8. The number of carbonyl (C=O) groups is 1. The zero-order valence-corrected chi connectivity index (χ0v) is 11.1. The van der Waals surface area contributed by atoms with Gasteiger partial charge in [-0.25, -0.2) is 4.39 Å². The van der Waals surface area contributed by atoms with Gasteiger partial charge in [-0.1, -0.05) is 12.8 Å². The third kappa shape index (κ3) is 3.72. The fourth-order valence-electron chi connectivity index (χ4n) is 2.50. The van der Waals surface area contributed by atoms with E-state index in [9.17, 15) is 27.5 Å². The molecular weight excluding hydrogens is 290 g/mol. The summed E-state index contributed by atoms with van der Waals surface area (Å²) in [6, 6.07) is 1.89. The van der Waals surface area contributed by atoms with Crippen LogP contribution in [-0.4, -0.2) is 23.2 Å². The second-order valence-corrected chi connectivity index (χ2v) is 5.30. The number of nitrogens with one attached hydrogen (secondary N) is 1. The molecule has 116 valence electrons. The Bertz CT molecular complexity index is 536. The first-order chi connectivity index (χ1) is 9.71. The van der Waals surface area contributed by atoms with Gasteiger partial charge in [-0.05, 0) is 31.0 Å². The number of hydrogen-bond donors (Lipinski definition) is 2. The van der Waals surface area contributed by atoms with Crippen molar-refractivity contribution in [2.24, 2.45) is 0 Å². The highest BCUT2D eigenvalue weighted by molar-refractivity contribution is 5.95. The topological polar surface area (TPSA) is 49.3 Å². The van der Waals surface area contributed by atoms with Crippen LogP contribution in [0, 0.1) is 5.82 Å². The minimum atomic E-state index is -4.82. The van der Waals surface area contributed by atoms with E-state index in [-0.39, 0.29) is 6.54 Å². The van der Waals surface area contributed by atoms with E-state index in [2.05, 4.69) is 5.32 Å². The van der Waals surface area contributed by atoms with Crippen LogP contribution < -0.4 is 5.32 Å². The average Bonchev–Trinajstić information content (AvgIpc) is 2.82. The maximum Gasteiger partial charge on any atom is 0.417 e. The van der Waals surface area contributed by atoms with Crippen LogP contribution in [-0.2, 0) is 6.18 Å². The molecule has 7 heteroatoms. The fourth-order valence-corrected chi connectivity index (χ4v) is 2.50. The summed E-state index contributed by atoms with van der Waals surface area (Å²) in [5, 5.41) is 12.4. The SMILES string of the molecule is O=C(NCC1(O)CCCC1)c1ccc(F)cc1C(F)(F)F. The van der Waals surface area contributed by atoms with Gasteiger partial charge in [0.15, 0.2) is 0 Å². The van der Waals surface area contributed by atoms with Crippen molar-refractivity contribution in [3.63, 3.8) is 0 Å². The number of carbonyl (C=O) groups excluding carboxylic acids is 1. The summed E-state index contributed by atoms with van der Waals surface area (Å²) in [4.78, 5) is 11.9. The molecule has 0 saturated heterocycles. The number of halogens is 4. The van der Waals surface area contributed by atoms with Crippen LogP contribution >= 0.6 is 0 Å². The van der Waals surface area contributed by atoms with Crippen LogP contribution in [0.15, 0.2) is 18.2 Å². The van der Waals surface area contributed by atoms with Gasteiger partial charge in [0.05, 0.1) is 16.7 Å². The maximum atomic E-state index is 13.0. The quantitative estimate of drug-likeness (QED) is 0.844. The Morgan fingerprint density at radius 1 is 1.29 bits per heavy atom. The van der Waals surface area contributed by atoms with Crippen molar-refractivity contribution in [1.29, 1.82) is 0 Å². The lowest BCUT2D eigenvalue weighted by atomic mass is 10.0. The zero-order valence-electron chi connectivity index (χ0n) is 11.1. The van der Waals surface area contributed by atoms with Crippen molar-refractivity contribution in [1.82, 2.24) is 5.32 Å². The van der Waals surface area contributed by atoms with Gasteiger partial charge in [0.2, 0.25) is 0 Å². The number of aliphatic hydroxyl groups is 1. The highest BCUT2D eigenvalue weighted by Crippen LogP contribution is 2.33. The van der Waals surface area contributed by atoms with Gasteiger partial charge in [-0.2, -0.15) is 13.2 Å². The molecule has 0 unspecified atom stereocenters. The van der Waals surface area contributed by atoms with Crippen LogP contribution in [0.2, 0.25) is 0 Å². The Labute approximate surface area is 119 Å². The number of hydrogen-bond acceptors (Lipinski definition) is 2. The van der Waals surface area contributed by atoms with Crippen molar-refractivity contribution in [2.75, 3.05) is 6.54 Å². The van der Waals surface area contributed by atoms with Gasteiger partial charge in [0.1, 0.15) is 5.82 Å². The molecule has 0 aromatic heterocycles. The molecule has 1 aromatic rings. The monoisotopic (exact) mass is 305 g/mol. The molecule has 0 atom stereocenters. The summed E-state index contributed by atoms with van der Waals surface area (Å²) >= 11 is 0. The van der Waals surface area contributed by atoms with Gasteiger partial charge in [-0.15, -0.1) is 0 Å². The molecule has 1 fully saturated rings. The first-order valence-electron chi connectivity index (χ1n) is 6.59. The van der Waals surface area contributed by atoms with Crippen molar-refractivity contribution in [3.8, 4) is 0 Å². The van der Waals surface area contributed by atoms with E-state index < -0.39 is 34.6 Å². The fraction of sp³-hybridized carbons (Fsp3) is 0.500. The van der Waals surface area contributed by atoms with Crippen molar-refractivity contribution in [3.05, 3.63) is 35.1 Å². The van der Waals surface area contributed by atoms with E-state index in [1.54, 1.807) is 0 Å². The van der Waals surface area contributed by atoms with Gasteiger partial charge in [0.25, 0.3) is 5.91 Å². The lowest BCUT2D eigenvalue weighted by molar-refractivity contribution is -0.138. The molecule has 0 spiro atoms. The highest BCUT2D eigenvalue weighted by atomic mass is 19.4. The summed E-state index contributed by atoms with van der Waals surface area (Å²) in [6.45, 7) is -0.111. The number of amides is 1. The van der Waals surface area contributed by atoms with Crippen LogP contribution in [0.25, 0.3) is 0 Å². The first kappa shape index (κ1) is 15.8. The molecule has 1 aromatic carbocycles. The molecule has 1 amide bonds. The molecule has 21 heavy (non-hydrogen) atoms. The number of rotatable bonds is 3. The predicted octanol–water partition coefficient (Wildman–Crippen LogP) is 2.88. The molecule has 2 rings (SSSR count). The third-order valence-corrected chi connectivity index (χ3v) is 3.64. The summed E-state index contributed by atoms with van der Waals surface area (Å²) in [6.07, 6.45) is -2.18. The summed E-state index contributed by atoms with van der Waals surface area (Å²) < 4.78 is 51.4. The Hall–Kier alpha value is -1.63. The molecule has 1 aliphatic rings. The molecule has 2 N–H and O–H groups in total. The van der Waals surface area contributed by atoms with E-state index in [4.69, 9.17) is 0 Å². The standard InChI is InChI=1S/C14H15F4NO2/c15-9-3-4-10(11(7-9)14(16,17)18)12(20)19-8-13(21)5-1-2-6-13/h3-4,7,21H,1-2,5-6,8H2,(H,19,20). The van der Waals surface area contributed by atoms with E-state index in [0.29, 0.717) is 18.9 Å². The van der Waals surface area contributed by atoms with Gasteiger partial charge in [0, 0.05) is 6.54 Å². The molecule has 0 aliphatic heterocycles. The molecule has 0 radical (unpaired) electrons. The molecular formula is C14H15F4NO2. The first-order valence-corrected chi connectivity index (χ1v) is 6.59. The minimum absolute atomic E-state index is 0.111. The lowest BCUT2D eigenvalue weighted by Crippen LogP contribution is -2.41. The Kier molecular flexibility index (Phi) is 4.22. The zero-order chi connectivity index (χ0) is 15.7. The summed E-state index contributed by atoms with van der Waals surface area (Å²) in [5.74, 6) is -2.03. The Morgan fingerprint density at radius 3 is 2.48 bits per heavy atom. The van der Waals surface area contributed by atoms with Crippen LogP contribution in [0.3, 0.4) is 0 Å². The van der Waals surface area contributed by atoms with Gasteiger partial charge >= 0.3 is 6.18 Å². The molecule has 3 nitrogen and oxygen atoms in total. The summed E-state index contributed by atoms with van der Waals surface area (Å²) in [7, 11) is 0. The van der Waals surface area contributed by atoms with Gasteiger partial charge < -0.3 is 10.4 Å². The lowest BCUT2D eigenvalue weighted by Gasteiger charge is -2.22. The maximum absolute atomic E-state index is 13.0. The highest BCUT2D eigenvalue weighted by Gasteiger charge is 2.36. The Balaban J connectivity index is 2.15. The second kappa shape index (κ2) is 5.63. The van der Waals surface area contributed by atoms with Crippen molar-refractivity contribution >= 4 is 5.91 Å². The average molecular weight is 305 g/mol. The van der Waals surface area contributed by atoms with E-state index in [1.807, 2.05) is 0 Å². The van der Waals surface area contributed by atoms with Gasteiger partial charge in [-0.3, -0.25) is 4.79 Å². The number of benzene rings is 1.